The maximum atomic E-state index is 10.8. The zero-order valence-electron chi connectivity index (χ0n) is 7.86. The van der Waals surface area contributed by atoms with E-state index in [0.29, 0.717) is 17.9 Å². The summed E-state index contributed by atoms with van der Waals surface area (Å²) in [5.41, 5.74) is 1.25. The van der Waals surface area contributed by atoms with E-state index in [2.05, 4.69) is 10.3 Å². The van der Waals surface area contributed by atoms with Crippen LogP contribution in [0.4, 0.5) is 5.69 Å². The molecule has 0 aliphatic heterocycles. The van der Waals surface area contributed by atoms with Crippen molar-refractivity contribution in [2.75, 3.05) is 23.9 Å². The lowest BCUT2D eigenvalue weighted by Crippen LogP contribution is -2.10. The Balaban J connectivity index is 2.59. The monoisotopic (exact) mass is 209 g/mol. The smallest absolute Gasteiger partial charge is 0.103 e. The summed E-state index contributed by atoms with van der Waals surface area (Å²) >= 11 is 0. The number of hydrogen-bond acceptors (Lipinski definition) is 4. The molecule has 1 atom stereocenters. The highest BCUT2D eigenvalue weighted by atomic mass is 32.2. The standard InChI is InChI=1S/C9H11N3OS/c1-14(13)5-4-12-9-2-3-11-7-8(9)6-10/h2-3,7H,4-5H2,1H3,(H,11,12). The van der Waals surface area contributed by atoms with Gasteiger partial charge in [0.1, 0.15) is 6.07 Å². The number of aromatic nitrogens is 1. The molecule has 1 unspecified atom stereocenters. The van der Waals surface area contributed by atoms with Crippen LogP contribution >= 0.6 is 0 Å². The van der Waals surface area contributed by atoms with Crippen LogP contribution < -0.4 is 5.32 Å². The molecule has 0 saturated carbocycles. The van der Waals surface area contributed by atoms with Crippen LogP contribution in [0.1, 0.15) is 5.56 Å². The first-order chi connectivity index (χ1) is 6.74. The summed E-state index contributed by atoms with van der Waals surface area (Å²) in [5, 5.41) is 11.8. The lowest BCUT2D eigenvalue weighted by atomic mass is 10.2. The quantitative estimate of drug-likeness (QED) is 0.794. The number of nitriles is 1. The van der Waals surface area contributed by atoms with Crippen LogP contribution in [0, 0.1) is 11.3 Å². The molecule has 0 aromatic carbocycles. The Morgan fingerprint density at radius 3 is 3.14 bits per heavy atom. The van der Waals surface area contributed by atoms with Crippen molar-refractivity contribution in [3.8, 4) is 6.07 Å². The number of pyridine rings is 1. The highest BCUT2D eigenvalue weighted by Gasteiger charge is 1.99. The van der Waals surface area contributed by atoms with E-state index >= 15 is 0 Å². The van der Waals surface area contributed by atoms with Crippen LogP contribution in [0.15, 0.2) is 18.5 Å². The molecule has 0 fully saturated rings. The van der Waals surface area contributed by atoms with Gasteiger partial charge in [0, 0.05) is 41.7 Å². The van der Waals surface area contributed by atoms with Gasteiger partial charge in [0.25, 0.3) is 0 Å². The van der Waals surface area contributed by atoms with Crippen molar-refractivity contribution in [2.24, 2.45) is 0 Å². The first-order valence-electron chi connectivity index (χ1n) is 4.12. The molecule has 74 valence electrons. The summed E-state index contributed by atoms with van der Waals surface area (Å²) in [6.07, 6.45) is 4.77. The molecule has 0 radical (unpaired) electrons. The van der Waals surface area contributed by atoms with E-state index in [-0.39, 0.29) is 0 Å². The highest BCUT2D eigenvalue weighted by Crippen LogP contribution is 2.10. The molecule has 1 heterocycles. The zero-order valence-corrected chi connectivity index (χ0v) is 8.67. The second-order valence-corrected chi connectivity index (χ2v) is 4.29. The summed E-state index contributed by atoms with van der Waals surface area (Å²) in [5.74, 6) is 0.577. The molecular weight excluding hydrogens is 198 g/mol. The lowest BCUT2D eigenvalue weighted by Gasteiger charge is -2.05. The summed E-state index contributed by atoms with van der Waals surface area (Å²) in [7, 11) is -0.809. The molecular formula is C9H11N3OS. The van der Waals surface area contributed by atoms with Gasteiger partial charge >= 0.3 is 0 Å². The van der Waals surface area contributed by atoms with E-state index in [1.54, 1.807) is 18.5 Å². The van der Waals surface area contributed by atoms with E-state index in [0.717, 1.165) is 5.69 Å². The van der Waals surface area contributed by atoms with Crippen molar-refractivity contribution in [3.63, 3.8) is 0 Å². The van der Waals surface area contributed by atoms with E-state index in [9.17, 15) is 4.21 Å². The van der Waals surface area contributed by atoms with Crippen molar-refractivity contribution in [1.29, 1.82) is 5.26 Å². The molecule has 0 spiro atoms. The molecule has 5 heteroatoms. The van der Waals surface area contributed by atoms with Crippen molar-refractivity contribution in [1.82, 2.24) is 4.98 Å². The van der Waals surface area contributed by atoms with Gasteiger partial charge in [-0.1, -0.05) is 0 Å². The van der Waals surface area contributed by atoms with Gasteiger partial charge in [0.15, 0.2) is 0 Å². The van der Waals surface area contributed by atoms with Crippen LogP contribution in [-0.2, 0) is 10.8 Å². The lowest BCUT2D eigenvalue weighted by molar-refractivity contribution is 0.687. The van der Waals surface area contributed by atoms with Gasteiger partial charge in [-0.05, 0) is 6.07 Å². The number of nitrogens with one attached hydrogen (secondary N) is 1. The highest BCUT2D eigenvalue weighted by molar-refractivity contribution is 7.84. The fourth-order valence-electron chi connectivity index (χ4n) is 0.967. The predicted octanol–water partition coefficient (Wildman–Crippen LogP) is 0.744. The molecule has 0 aliphatic carbocycles. The third-order valence-corrected chi connectivity index (χ3v) is 2.43. The summed E-state index contributed by atoms with van der Waals surface area (Å²) in [6.45, 7) is 0.599. The molecule has 0 aliphatic rings. The molecule has 1 rings (SSSR count). The predicted molar refractivity (Wildman–Crippen MR) is 56.4 cm³/mol. The SMILES string of the molecule is CS(=O)CCNc1ccncc1C#N. The fourth-order valence-corrected chi connectivity index (χ4v) is 1.36. The van der Waals surface area contributed by atoms with E-state index in [1.807, 2.05) is 6.07 Å². The molecule has 0 amide bonds. The summed E-state index contributed by atoms with van der Waals surface area (Å²) < 4.78 is 10.8. The van der Waals surface area contributed by atoms with Gasteiger partial charge in [-0.3, -0.25) is 9.19 Å². The third kappa shape index (κ3) is 3.15. The second-order valence-electron chi connectivity index (χ2n) is 2.74. The normalized spacial score (nSPS) is 11.7. The number of rotatable bonds is 4. The van der Waals surface area contributed by atoms with Crippen molar-refractivity contribution in [3.05, 3.63) is 24.0 Å². The number of anilines is 1. The van der Waals surface area contributed by atoms with E-state index < -0.39 is 10.8 Å². The molecule has 0 bridgehead atoms. The van der Waals surface area contributed by atoms with E-state index in [1.165, 1.54) is 6.20 Å². The fraction of sp³-hybridized carbons (Fsp3) is 0.333. The van der Waals surface area contributed by atoms with Gasteiger partial charge in [-0.2, -0.15) is 5.26 Å². The Hall–Kier alpha value is -1.41. The topological polar surface area (TPSA) is 65.8 Å². The Labute approximate surface area is 85.4 Å². The Morgan fingerprint density at radius 1 is 1.71 bits per heavy atom. The summed E-state index contributed by atoms with van der Waals surface area (Å²) in [6, 6.07) is 3.77. The molecule has 1 N–H and O–H groups in total. The molecule has 0 saturated heterocycles. The van der Waals surface area contributed by atoms with Crippen LogP contribution in [0.3, 0.4) is 0 Å². The van der Waals surface area contributed by atoms with E-state index in [4.69, 9.17) is 5.26 Å². The second kappa shape index (κ2) is 5.35. The largest absolute Gasteiger partial charge is 0.383 e. The molecule has 1 aromatic rings. The molecule has 1 aromatic heterocycles. The van der Waals surface area contributed by atoms with Gasteiger partial charge in [-0.25, -0.2) is 0 Å². The summed E-state index contributed by atoms with van der Waals surface area (Å²) in [4.78, 5) is 3.84. The van der Waals surface area contributed by atoms with Crippen LogP contribution in [0.2, 0.25) is 0 Å². The van der Waals surface area contributed by atoms with Crippen molar-refractivity contribution >= 4 is 16.5 Å². The first-order valence-corrected chi connectivity index (χ1v) is 5.85. The minimum absolute atomic E-state index is 0.509. The van der Waals surface area contributed by atoms with Crippen LogP contribution in [0.25, 0.3) is 0 Å². The van der Waals surface area contributed by atoms with Crippen molar-refractivity contribution in [2.45, 2.75) is 0 Å². The minimum Gasteiger partial charge on any atom is -0.383 e. The van der Waals surface area contributed by atoms with Crippen LogP contribution in [0.5, 0.6) is 0 Å². The van der Waals surface area contributed by atoms with Gasteiger partial charge in [0.2, 0.25) is 0 Å². The third-order valence-electron chi connectivity index (χ3n) is 1.65. The zero-order chi connectivity index (χ0) is 10.4. The number of hydrogen-bond donors (Lipinski definition) is 1. The Morgan fingerprint density at radius 2 is 2.50 bits per heavy atom. The van der Waals surface area contributed by atoms with Crippen LogP contribution in [-0.4, -0.2) is 27.7 Å². The van der Waals surface area contributed by atoms with Gasteiger partial charge in [0.05, 0.1) is 11.3 Å². The maximum absolute atomic E-state index is 10.8. The first kappa shape index (κ1) is 10.7. The molecule has 14 heavy (non-hydrogen) atoms. The average Bonchev–Trinajstić information content (AvgIpc) is 2.18. The van der Waals surface area contributed by atoms with Crippen molar-refractivity contribution < 1.29 is 4.21 Å². The van der Waals surface area contributed by atoms with Gasteiger partial charge in [-0.15, -0.1) is 0 Å². The minimum atomic E-state index is -0.809. The average molecular weight is 209 g/mol. The number of nitrogens with zero attached hydrogens (tertiary/aromatic N) is 2. The molecule has 4 nitrogen and oxygen atoms in total. The van der Waals surface area contributed by atoms with Gasteiger partial charge < -0.3 is 5.32 Å². The maximum Gasteiger partial charge on any atom is 0.103 e. The Kier molecular flexibility index (Phi) is 4.08. The Bertz CT molecular complexity index is 373.